The zero-order valence-corrected chi connectivity index (χ0v) is 15.4. The lowest BCUT2D eigenvalue weighted by Crippen LogP contribution is -2.44. The van der Waals surface area contributed by atoms with Gasteiger partial charge in [-0.25, -0.2) is 9.59 Å². The van der Waals surface area contributed by atoms with Gasteiger partial charge >= 0.3 is 12.1 Å². The van der Waals surface area contributed by atoms with Crippen molar-refractivity contribution in [1.82, 2.24) is 5.32 Å². The van der Waals surface area contributed by atoms with Gasteiger partial charge in [-0.15, -0.1) is 0 Å². The predicted octanol–water partition coefficient (Wildman–Crippen LogP) is 3.44. The van der Waals surface area contributed by atoms with Gasteiger partial charge < -0.3 is 15.2 Å². The molecule has 2 aromatic carbocycles. The van der Waals surface area contributed by atoms with Gasteiger partial charge in [0.25, 0.3) is 0 Å². The molecule has 142 valence electrons. The van der Waals surface area contributed by atoms with Crippen LogP contribution in [-0.4, -0.2) is 34.6 Å². The highest BCUT2D eigenvalue weighted by Crippen LogP contribution is 2.13. The minimum atomic E-state index is -1.21. The van der Waals surface area contributed by atoms with E-state index in [1.165, 1.54) is 30.3 Å². The first-order chi connectivity index (χ1) is 13.5. The van der Waals surface area contributed by atoms with E-state index in [1.54, 1.807) is 32.9 Å². The lowest BCUT2D eigenvalue weighted by Gasteiger charge is -2.22. The number of alkyl carbamates (subject to hydrolysis) is 1. The minimum Gasteiger partial charge on any atom is -0.480 e. The molecular formula is C21H23NO5. The molecule has 0 aliphatic carbocycles. The summed E-state index contributed by atoms with van der Waals surface area (Å²) in [6.45, 7) is 5.03. The van der Waals surface area contributed by atoms with E-state index in [1.807, 2.05) is 0 Å². The highest BCUT2D eigenvalue weighted by molar-refractivity contribution is 6.08. The molecule has 6 heteroatoms. The van der Waals surface area contributed by atoms with Gasteiger partial charge in [0.1, 0.15) is 11.6 Å². The Morgan fingerprint density at radius 1 is 1.11 bits per heavy atom. The molecule has 0 aromatic heterocycles. The standard InChI is InChI=1S/C21H23NO5/c1-21(2,3)27-20(26)22-17(19(24)25)13-14-9-11-16(12-10-14)18(23)15-7-5-4-6-8-15/h4-12,17H,13H2,1-3H3,(H,22,26)(H,24,25)/t17-/m0/s1/i5T,8T. The Morgan fingerprint density at radius 2 is 1.78 bits per heavy atom. The predicted molar refractivity (Wildman–Crippen MR) is 101 cm³/mol. The zero-order chi connectivity index (χ0) is 21.8. The first-order valence-corrected chi connectivity index (χ1v) is 8.39. The molecule has 0 unspecified atom stereocenters. The number of carbonyl (C=O) groups is 3. The van der Waals surface area contributed by atoms with Crippen LogP contribution in [0.5, 0.6) is 0 Å². The van der Waals surface area contributed by atoms with Gasteiger partial charge in [-0.3, -0.25) is 4.79 Å². The number of carboxylic acid groups (broad SMARTS) is 1. The molecule has 0 aliphatic heterocycles. The summed E-state index contributed by atoms with van der Waals surface area (Å²) >= 11 is 0. The van der Waals surface area contributed by atoms with E-state index in [9.17, 15) is 19.5 Å². The number of nitrogens with one attached hydrogen (secondary N) is 1. The second-order valence-electron chi connectivity index (χ2n) is 6.97. The molecule has 1 amide bonds. The zero-order valence-electron chi connectivity index (χ0n) is 17.4. The average molecular weight is 373 g/mol. The van der Waals surface area contributed by atoms with Gasteiger partial charge in [0.2, 0.25) is 0 Å². The summed E-state index contributed by atoms with van der Waals surface area (Å²) in [7, 11) is 0. The number of carbonyl (C=O) groups excluding carboxylic acids is 2. The highest BCUT2D eigenvalue weighted by Gasteiger charge is 2.24. The van der Waals surface area contributed by atoms with Crippen molar-refractivity contribution in [2.24, 2.45) is 0 Å². The number of hydrogen-bond acceptors (Lipinski definition) is 4. The summed E-state index contributed by atoms with van der Waals surface area (Å²) in [6.07, 6.45) is -0.815. The fourth-order valence-electron chi connectivity index (χ4n) is 2.32. The lowest BCUT2D eigenvalue weighted by molar-refractivity contribution is -0.139. The summed E-state index contributed by atoms with van der Waals surface area (Å²) < 4.78 is 20.5. The van der Waals surface area contributed by atoms with Gasteiger partial charge in [0.05, 0.1) is 2.74 Å². The Morgan fingerprint density at radius 3 is 2.37 bits per heavy atom. The molecule has 0 heterocycles. The van der Waals surface area contributed by atoms with Crippen LogP contribution in [0.2, 0.25) is 0 Å². The van der Waals surface area contributed by atoms with Crippen LogP contribution in [0, 0.1) is 0 Å². The van der Waals surface area contributed by atoms with Crippen molar-refractivity contribution >= 4 is 17.8 Å². The molecular weight excluding hydrogens is 346 g/mol. The van der Waals surface area contributed by atoms with Crippen LogP contribution < -0.4 is 5.32 Å². The van der Waals surface area contributed by atoms with Crippen molar-refractivity contribution in [3.05, 3.63) is 71.2 Å². The molecule has 0 bridgehead atoms. The Hall–Kier alpha value is -3.15. The topological polar surface area (TPSA) is 92.7 Å². The van der Waals surface area contributed by atoms with Crippen molar-refractivity contribution < 1.29 is 27.0 Å². The number of aliphatic carboxylic acids is 1. The van der Waals surface area contributed by atoms with E-state index in [4.69, 9.17) is 7.48 Å². The molecule has 27 heavy (non-hydrogen) atoms. The maximum absolute atomic E-state index is 12.6. The number of amides is 1. The number of carboxylic acids is 1. The van der Waals surface area contributed by atoms with Gasteiger partial charge in [0, 0.05) is 17.5 Å². The summed E-state index contributed by atoms with van der Waals surface area (Å²) in [4.78, 5) is 35.9. The number of rotatable bonds is 6. The average Bonchev–Trinajstić information content (AvgIpc) is 2.61. The third kappa shape index (κ3) is 6.26. The van der Waals surface area contributed by atoms with Crippen molar-refractivity contribution in [2.75, 3.05) is 0 Å². The van der Waals surface area contributed by atoms with Crippen LogP contribution in [0.1, 0.15) is 45.0 Å². The molecule has 0 radical (unpaired) electrons. The molecule has 0 aliphatic rings. The smallest absolute Gasteiger partial charge is 0.408 e. The quantitative estimate of drug-likeness (QED) is 0.757. The minimum absolute atomic E-state index is 0.00888. The second-order valence-corrected chi connectivity index (χ2v) is 6.97. The largest absolute Gasteiger partial charge is 0.480 e. The molecule has 0 saturated heterocycles. The normalized spacial score (nSPS) is 13.1. The van der Waals surface area contributed by atoms with Gasteiger partial charge in [-0.1, -0.05) is 54.5 Å². The van der Waals surface area contributed by atoms with E-state index < -0.39 is 29.5 Å². The molecule has 6 nitrogen and oxygen atoms in total. The molecule has 2 rings (SSSR count). The van der Waals surface area contributed by atoms with Crippen LogP contribution in [0.15, 0.2) is 54.5 Å². The summed E-state index contributed by atoms with van der Waals surface area (Å²) in [6, 6.07) is 9.38. The summed E-state index contributed by atoms with van der Waals surface area (Å²) in [5.74, 6) is -1.60. The van der Waals surface area contributed by atoms with E-state index >= 15 is 0 Å². The summed E-state index contributed by atoms with van der Waals surface area (Å²) in [5, 5.41) is 11.7. The van der Waals surface area contributed by atoms with Crippen LogP contribution in [0.25, 0.3) is 0 Å². The molecule has 0 spiro atoms. The van der Waals surface area contributed by atoms with E-state index in [0.29, 0.717) is 11.1 Å². The molecule has 2 aromatic rings. The van der Waals surface area contributed by atoms with Crippen molar-refractivity contribution in [1.29, 1.82) is 0 Å². The third-order valence-corrected chi connectivity index (χ3v) is 3.54. The van der Waals surface area contributed by atoms with Crippen LogP contribution >= 0.6 is 0 Å². The summed E-state index contributed by atoms with van der Waals surface area (Å²) in [5.41, 5.74) is 0.299. The molecule has 2 N–H and O–H groups in total. The van der Waals surface area contributed by atoms with Crippen LogP contribution in [-0.2, 0) is 16.0 Å². The molecule has 0 saturated carbocycles. The highest BCUT2D eigenvalue weighted by atomic mass is 16.6. The fraction of sp³-hybridized carbons (Fsp3) is 0.286. The van der Waals surface area contributed by atoms with E-state index in [0.717, 1.165) is 0 Å². The SMILES string of the molecule is [3H]c1ccc([3H])c(C(=O)c2ccc(C[C@H](NC(=O)OC(C)(C)C)C(=O)O)cc2)c1. The number of hydrogen-bond donors (Lipinski definition) is 2. The third-order valence-electron chi connectivity index (χ3n) is 3.54. The maximum Gasteiger partial charge on any atom is 0.408 e. The molecule has 1 atom stereocenters. The first-order valence-electron chi connectivity index (χ1n) is 9.39. The van der Waals surface area contributed by atoms with Crippen molar-refractivity contribution in [3.63, 3.8) is 0 Å². The Bertz CT molecular complexity index is 920. The first kappa shape index (κ1) is 17.3. The molecule has 0 fully saturated rings. The van der Waals surface area contributed by atoms with Crippen molar-refractivity contribution in [2.45, 2.75) is 38.8 Å². The lowest BCUT2D eigenvalue weighted by atomic mass is 9.99. The van der Waals surface area contributed by atoms with Crippen LogP contribution in [0.4, 0.5) is 4.79 Å². The Labute approximate surface area is 161 Å². The second kappa shape index (κ2) is 8.49. The monoisotopic (exact) mass is 373 g/mol. The van der Waals surface area contributed by atoms with E-state index in [-0.39, 0.29) is 24.1 Å². The number of ketones is 1. The number of benzene rings is 2. The number of ether oxygens (including phenoxy) is 1. The Balaban J connectivity index is 2.12. The maximum atomic E-state index is 12.6. The fourth-order valence-corrected chi connectivity index (χ4v) is 2.32. The Kier molecular flexibility index (Phi) is 5.43. The van der Waals surface area contributed by atoms with Gasteiger partial charge in [0.15, 0.2) is 5.78 Å². The van der Waals surface area contributed by atoms with Gasteiger partial charge in [-0.2, -0.15) is 0 Å². The van der Waals surface area contributed by atoms with Crippen LogP contribution in [0.3, 0.4) is 0 Å². The van der Waals surface area contributed by atoms with Gasteiger partial charge in [-0.05, 0) is 26.3 Å². The van der Waals surface area contributed by atoms with E-state index in [2.05, 4.69) is 5.32 Å². The van der Waals surface area contributed by atoms with Crippen molar-refractivity contribution in [3.8, 4) is 0 Å².